The second-order valence-electron chi connectivity index (χ2n) is 6.22. The van der Waals surface area contributed by atoms with Crippen molar-refractivity contribution in [3.63, 3.8) is 0 Å². The van der Waals surface area contributed by atoms with Gasteiger partial charge in [-0.1, -0.05) is 60.2 Å². The Morgan fingerprint density at radius 2 is 1.65 bits per heavy atom. The van der Waals surface area contributed by atoms with Crippen LogP contribution in [0.4, 0.5) is 0 Å². The van der Waals surface area contributed by atoms with E-state index in [0.717, 1.165) is 0 Å². The van der Waals surface area contributed by atoms with Crippen molar-refractivity contribution in [2.45, 2.75) is 19.5 Å². The van der Waals surface area contributed by atoms with Gasteiger partial charge in [0.2, 0.25) is 0 Å². The van der Waals surface area contributed by atoms with Crippen LogP contribution in [-0.4, -0.2) is 10.2 Å². The molecule has 0 saturated carbocycles. The van der Waals surface area contributed by atoms with E-state index in [1.807, 2.05) is 6.07 Å². The van der Waals surface area contributed by atoms with Gasteiger partial charge in [-0.15, -0.1) is 10.2 Å². The van der Waals surface area contributed by atoms with Crippen LogP contribution < -0.4 is 5.32 Å². The molecule has 0 aliphatic heterocycles. The summed E-state index contributed by atoms with van der Waals surface area (Å²) < 4.78 is 11.0. The Morgan fingerprint density at radius 1 is 0.885 bits per heavy atom. The average Bonchev–Trinajstić information content (AvgIpc) is 3.36. The molecule has 4 rings (SSSR count). The Morgan fingerprint density at radius 3 is 2.38 bits per heavy atom. The second kappa shape index (κ2) is 7.37. The van der Waals surface area contributed by atoms with Gasteiger partial charge in [-0.3, -0.25) is 0 Å². The van der Waals surface area contributed by atoms with Gasteiger partial charge >= 0.3 is 0 Å². The predicted octanol–water partition coefficient (Wildman–Crippen LogP) is 3.49. The Labute approximate surface area is 151 Å². The van der Waals surface area contributed by atoms with Crippen LogP contribution in [0.15, 0.2) is 81.8 Å². The Kier molecular flexibility index (Phi) is 4.62. The van der Waals surface area contributed by atoms with Gasteiger partial charge in [0.15, 0.2) is 12.3 Å². The number of hydrogen-bond acceptors (Lipinski definition) is 4. The van der Waals surface area contributed by atoms with E-state index in [2.05, 4.69) is 71.0 Å². The van der Waals surface area contributed by atoms with E-state index < -0.39 is 0 Å². The highest BCUT2D eigenvalue weighted by Crippen LogP contribution is 2.20. The van der Waals surface area contributed by atoms with Crippen LogP contribution in [0.25, 0.3) is 11.7 Å². The summed E-state index contributed by atoms with van der Waals surface area (Å²) in [7, 11) is 0. The summed E-state index contributed by atoms with van der Waals surface area (Å²) in [6.07, 6.45) is 1.59. The maximum absolute atomic E-state index is 5.72. The molecule has 130 valence electrons. The molecule has 0 saturated heterocycles. The zero-order valence-corrected chi connectivity index (χ0v) is 14.5. The highest BCUT2D eigenvalue weighted by atomic mass is 16.4. The third kappa shape index (κ3) is 3.58. The van der Waals surface area contributed by atoms with Crippen molar-refractivity contribution >= 4 is 0 Å². The molecule has 5 nitrogen and oxygen atoms in total. The number of aromatic nitrogens is 2. The standard InChI is InChI=1S/C21H19N3O2/c1-15-9-11-17(12-10-15)20(16-6-3-2-4-7-16)22-14-19-23-24-21(26-19)18-8-5-13-25-18/h2-13,20,22H,14H2,1H3/p+1/t20-/m1/s1. The van der Waals surface area contributed by atoms with Gasteiger partial charge in [0.25, 0.3) is 11.8 Å². The molecule has 0 bridgehead atoms. The molecule has 2 heterocycles. The molecular weight excluding hydrogens is 326 g/mol. The first kappa shape index (κ1) is 16.3. The van der Waals surface area contributed by atoms with Crippen molar-refractivity contribution in [1.29, 1.82) is 0 Å². The molecule has 0 aliphatic rings. The van der Waals surface area contributed by atoms with E-state index in [0.29, 0.717) is 24.1 Å². The fraction of sp³-hybridized carbons (Fsp3) is 0.143. The molecule has 0 fully saturated rings. The molecule has 1 atom stereocenters. The lowest BCUT2D eigenvalue weighted by molar-refractivity contribution is -0.704. The minimum atomic E-state index is 0.163. The molecule has 26 heavy (non-hydrogen) atoms. The first-order chi connectivity index (χ1) is 12.8. The van der Waals surface area contributed by atoms with Crippen LogP contribution in [0.2, 0.25) is 0 Å². The summed E-state index contributed by atoms with van der Waals surface area (Å²) in [5, 5.41) is 10.4. The minimum Gasteiger partial charge on any atom is -0.459 e. The summed E-state index contributed by atoms with van der Waals surface area (Å²) in [5.41, 5.74) is 3.73. The zero-order valence-electron chi connectivity index (χ0n) is 14.5. The van der Waals surface area contributed by atoms with Crippen molar-refractivity contribution in [2.24, 2.45) is 0 Å². The lowest BCUT2D eigenvalue weighted by atomic mass is 9.98. The zero-order chi connectivity index (χ0) is 17.8. The van der Waals surface area contributed by atoms with Gasteiger partial charge in [0, 0.05) is 11.1 Å². The number of aryl methyl sites for hydroxylation is 1. The summed E-state index contributed by atoms with van der Waals surface area (Å²) >= 11 is 0. The molecule has 0 unspecified atom stereocenters. The normalized spacial score (nSPS) is 12.2. The van der Waals surface area contributed by atoms with E-state index in [1.54, 1.807) is 18.4 Å². The average molecular weight is 346 g/mol. The van der Waals surface area contributed by atoms with Crippen LogP contribution in [0.1, 0.15) is 28.6 Å². The minimum absolute atomic E-state index is 0.163. The molecule has 4 aromatic rings. The number of rotatable bonds is 6. The smallest absolute Gasteiger partial charge is 0.283 e. The number of benzene rings is 2. The number of quaternary nitrogens is 1. The molecule has 2 aromatic carbocycles. The Balaban J connectivity index is 1.54. The van der Waals surface area contributed by atoms with Crippen molar-refractivity contribution in [3.8, 4) is 11.7 Å². The van der Waals surface area contributed by atoms with E-state index >= 15 is 0 Å². The van der Waals surface area contributed by atoms with Gasteiger partial charge in [-0.2, -0.15) is 0 Å². The monoisotopic (exact) mass is 346 g/mol. The molecule has 0 spiro atoms. The molecule has 2 N–H and O–H groups in total. The van der Waals surface area contributed by atoms with Crippen LogP contribution in [0, 0.1) is 6.92 Å². The predicted molar refractivity (Wildman–Crippen MR) is 97.1 cm³/mol. The van der Waals surface area contributed by atoms with Crippen molar-refractivity contribution in [1.82, 2.24) is 10.2 Å². The van der Waals surface area contributed by atoms with E-state index in [4.69, 9.17) is 8.83 Å². The fourth-order valence-corrected chi connectivity index (χ4v) is 2.95. The van der Waals surface area contributed by atoms with Gasteiger partial charge in [-0.25, -0.2) is 0 Å². The summed E-state index contributed by atoms with van der Waals surface area (Å²) in [4.78, 5) is 0. The van der Waals surface area contributed by atoms with E-state index in [-0.39, 0.29) is 6.04 Å². The van der Waals surface area contributed by atoms with Crippen LogP contribution >= 0.6 is 0 Å². The van der Waals surface area contributed by atoms with E-state index in [9.17, 15) is 0 Å². The van der Waals surface area contributed by atoms with Crippen molar-refractivity contribution < 1.29 is 14.2 Å². The van der Waals surface area contributed by atoms with Crippen molar-refractivity contribution in [3.05, 3.63) is 95.6 Å². The molecule has 5 heteroatoms. The van der Waals surface area contributed by atoms with Gasteiger partial charge in [-0.05, 0) is 19.1 Å². The lowest BCUT2D eigenvalue weighted by Gasteiger charge is -2.16. The Bertz CT molecular complexity index is 945. The first-order valence-electron chi connectivity index (χ1n) is 8.61. The highest BCUT2D eigenvalue weighted by Gasteiger charge is 2.19. The topological polar surface area (TPSA) is 68.7 Å². The number of nitrogens with zero attached hydrogens (tertiary/aromatic N) is 2. The number of furan rings is 1. The largest absolute Gasteiger partial charge is 0.459 e. The van der Waals surface area contributed by atoms with Gasteiger partial charge in [0.1, 0.15) is 6.04 Å². The highest BCUT2D eigenvalue weighted by molar-refractivity contribution is 5.42. The third-order valence-electron chi connectivity index (χ3n) is 4.32. The second-order valence-corrected chi connectivity index (χ2v) is 6.22. The van der Waals surface area contributed by atoms with Crippen molar-refractivity contribution in [2.75, 3.05) is 0 Å². The molecule has 0 amide bonds. The number of nitrogens with two attached hydrogens (primary N) is 1. The molecule has 0 radical (unpaired) electrons. The number of hydrogen-bond donors (Lipinski definition) is 1. The third-order valence-corrected chi connectivity index (χ3v) is 4.32. The quantitative estimate of drug-likeness (QED) is 0.580. The van der Waals surface area contributed by atoms with Crippen LogP contribution in [0.5, 0.6) is 0 Å². The van der Waals surface area contributed by atoms with Gasteiger partial charge in [0.05, 0.1) is 6.26 Å². The lowest BCUT2D eigenvalue weighted by Crippen LogP contribution is -2.84. The summed E-state index contributed by atoms with van der Waals surface area (Å²) in [6, 6.07) is 22.8. The molecule has 2 aromatic heterocycles. The summed E-state index contributed by atoms with van der Waals surface area (Å²) in [6.45, 7) is 2.68. The molecule has 0 aliphatic carbocycles. The van der Waals surface area contributed by atoms with Gasteiger partial charge < -0.3 is 14.2 Å². The maximum Gasteiger partial charge on any atom is 0.283 e. The Hall–Kier alpha value is -3.18. The summed E-state index contributed by atoms with van der Waals surface area (Å²) in [5.74, 6) is 1.57. The maximum atomic E-state index is 5.72. The SMILES string of the molecule is Cc1ccc([C@H]([NH2+]Cc2nnc(-c3ccco3)o2)c2ccccc2)cc1. The first-order valence-corrected chi connectivity index (χ1v) is 8.61. The molecular formula is C21H20N3O2+. The fourth-order valence-electron chi connectivity index (χ4n) is 2.95. The van der Waals surface area contributed by atoms with Crippen LogP contribution in [0.3, 0.4) is 0 Å². The van der Waals surface area contributed by atoms with Crippen LogP contribution in [-0.2, 0) is 6.54 Å². The van der Waals surface area contributed by atoms with E-state index in [1.165, 1.54) is 16.7 Å².